The molecule has 3 aromatic carbocycles. The minimum atomic E-state index is -3.91. The number of hydrogen-bond acceptors (Lipinski definition) is 3. The molecule has 0 aliphatic carbocycles. The molecule has 1 N–H and O–H groups in total. The van der Waals surface area contributed by atoms with Gasteiger partial charge in [-0.2, -0.15) is 0 Å². The number of rotatable bonds is 7. The van der Waals surface area contributed by atoms with Gasteiger partial charge in [0.15, 0.2) is 0 Å². The van der Waals surface area contributed by atoms with Crippen LogP contribution in [0.1, 0.15) is 12.5 Å². The normalized spacial score (nSPS) is 11.1. The molecule has 7 heteroatoms. The molecule has 5 nitrogen and oxygen atoms in total. The smallest absolute Gasteiger partial charge is 0.264 e. The van der Waals surface area contributed by atoms with Gasteiger partial charge >= 0.3 is 0 Å². The third kappa shape index (κ3) is 5.16. The van der Waals surface area contributed by atoms with Gasteiger partial charge in [-0.1, -0.05) is 43.3 Å². The molecule has 0 saturated heterocycles. The van der Waals surface area contributed by atoms with Crippen molar-refractivity contribution in [1.29, 1.82) is 0 Å². The summed E-state index contributed by atoms with van der Waals surface area (Å²) in [6, 6.07) is 22.7. The molecule has 0 aliphatic rings. The lowest BCUT2D eigenvalue weighted by Crippen LogP contribution is -2.38. The lowest BCUT2D eigenvalue weighted by atomic mass is 10.1. The van der Waals surface area contributed by atoms with Crippen LogP contribution in [0.3, 0.4) is 0 Å². The monoisotopic (exact) mass is 520 g/mol. The molecule has 0 atom stereocenters. The number of aryl methyl sites for hydroxylation is 1. The van der Waals surface area contributed by atoms with Crippen LogP contribution >= 0.6 is 22.6 Å². The summed E-state index contributed by atoms with van der Waals surface area (Å²) < 4.78 is 29.0. The van der Waals surface area contributed by atoms with E-state index in [0.717, 1.165) is 9.13 Å². The summed E-state index contributed by atoms with van der Waals surface area (Å²) in [6.07, 6.45) is 0.649. The van der Waals surface area contributed by atoms with Gasteiger partial charge in [0.25, 0.3) is 10.0 Å². The van der Waals surface area contributed by atoms with E-state index in [0.29, 0.717) is 17.8 Å². The van der Waals surface area contributed by atoms with E-state index in [-0.39, 0.29) is 11.4 Å². The molecule has 1 amide bonds. The molecule has 0 spiro atoms. The maximum Gasteiger partial charge on any atom is 0.264 e. The maximum atomic E-state index is 13.4. The average Bonchev–Trinajstić information content (AvgIpc) is 2.74. The fourth-order valence-corrected chi connectivity index (χ4v) is 4.78. The highest BCUT2D eigenvalue weighted by molar-refractivity contribution is 14.1. The van der Waals surface area contributed by atoms with E-state index in [1.165, 1.54) is 16.4 Å². The Labute approximate surface area is 184 Å². The first kappa shape index (κ1) is 21.3. The van der Waals surface area contributed by atoms with Gasteiger partial charge in [-0.3, -0.25) is 9.10 Å². The predicted molar refractivity (Wildman–Crippen MR) is 125 cm³/mol. The highest BCUT2D eigenvalue weighted by atomic mass is 127. The van der Waals surface area contributed by atoms with Gasteiger partial charge in [0, 0.05) is 9.26 Å². The summed E-state index contributed by atoms with van der Waals surface area (Å²) in [6.45, 7) is 1.64. The predicted octanol–water partition coefficient (Wildman–Crippen LogP) is 4.69. The summed E-state index contributed by atoms with van der Waals surface area (Å²) in [5.41, 5.74) is 1.99. The Bertz CT molecular complexity index is 1080. The second-order valence-electron chi connectivity index (χ2n) is 6.36. The lowest BCUT2D eigenvalue weighted by Gasteiger charge is -2.26. The van der Waals surface area contributed by atoms with Crippen molar-refractivity contribution in [3.63, 3.8) is 0 Å². The summed E-state index contributed by atoms with van der Waals surface area (Å²) in [5.74, 6) is -0.406. The van der Waals surface area contributed by atoms with Crippen LogP contribution in [0, 0.1) is 3.57 Å². The van der Waals surface area contributed by atoms with Gasteiger partial charge in [0.05, 0.1) is 10.6 Å². The molecule has 0 radical (unpaired) electrons. The van der Waals surface area contributed by atoms with Gasteiger partial charge in [-0.25, -0.2) is 8.42 Å². The number of nitrogens with one attached hydrogen (secondary N) is 1. The van der Waals surface area contributed by atoms with Crippen molar-refractivity contribution >= 4 is 49.9 Å². The summed E-state index contributed by atoms with van der Waals surface area (Å²) >= 11 is 2.18. The van der Waals surface area contributed by atoms with Crippen molar-refractivity contribution in [1.82, 2.24) is 0 Å². The minimum absolute atomic E-state index is 0.146. The van der Waals surface area contributed by atoms with Crippen LogP contribution in [-0.2, 0) is 21.2 Å². The van der Waals surface area contributed by atoms with Crippen molar-refractivity contribution in [2.75, 3.05) is 16.2 Å². The largest absolute Gasteiger partial charge is 0.325 e. The molecule has 29 heavy (non-hydrogen) atoms. The number of carbonyl (C=O) groups excluding carboxylic acids is 1. The maximum absolute atomic E-state index is 13.4. The van der Waals surface area contributed by atoms with Crippen molar-refractivity contribution in [2.45, 2.75) is 18.2 Å². The average molecular weight is 520 g/mol. The number of hydrogen-bond donors (Lipinski definition) is 1. The molecular weight excluding hydrogens is 499 g/mol. The third-order valence-corrected chi connectivity index (χ3v) is 6.88. The highest BCUT2D eigenvalue weighted by Crippen LogP contribution is 2.27. The number of sulfonamides is 1. The Hall–Kier alpha value is -2.39. The number of anilines is 2. The Kier molecular flexibility index (Phi) is 6.92. The van der Waals surface area contributed by atoms with Crippen molar-refractivity contribution in [3.8, 4) is 0 Å². The van der Waals surface area contributed by atoms with Gasteiger partial charge in [0.2, 0.25) is 5.91 Å². The summed E-state index contributed by atoms with van der Waals surface area (Å²) in [7, 11) is -3.91. The summed E-state index contributed by atoms with van der Waals surface area (Å²) in [4.78, 5) is 12.9. The molecule has 0 heterocycles. The number of nitrogens with zero attached hydrogens (tertiary/aromatic N) is 1. The summed E-state index contributed by atoms with van der Waals surface area (Å²) in [5, 5.41) is 2.78. The van der Waals surface area contributed by atoms with E-state index < -0.39 is 15.9 Å². The second-order valence-corrected chi connectivity index (χ2v) is 9.47. The van der Waals surface area contributed by atoms with E-state index in [2.05, 4.69) is 27.9 Å². The molecule has 0 unspecified atom stereocenters. The molecule has 0 fully saturated rings. The van der Waals surface area contributed by atoms with Crippen molar-refractivity contribution in [3.05, 3.63) is 88.0 Å². The fraction of sp³-hybridized carbons (Fsp3) is 0.136. The van der Waals surface area contributed by atoms with E-state index in [9.17, 15) is 13.2 Å². The zero-order chi connectivity index (χ0) is 20.9. The molecule has 150 valence electrons. The molecule has 0 aromatic heterocycles. The highest BCUT2D eigenvalue weighted by Gasteiger charge is 2.28. The van der Waals surface area contributed by atoms with Crippen LogP contribution in [0.5, 0.6) is 0 Å². The molecule has 3 rings (SSSR count). The first-order valence-electron chi connectivity index (χ1n) is 9.13. The SMILES string of the molecule is CCc1ccccc1N(CC(=O)Nc1ccc(I)cc1)S(=O)(=O)c1ccccc1. The molecule has 0 aliphatic heterocycles. The first-order chi connectivity index (χ1) is 13.9. The van der Waals surface area contributed by atoms with Gasteiger partial charge in [-0.15, -0.1) is 0 Å². The fourth-order valence-electron chi connectivity index (χ4n) is 2.94. The quantitative estimate of drug-likeness (QED) is 0.460. The molecule has 0 bridgehead atoms. The molecule has 0 saturated carbocycles. The van der Waals surface area contributed by atoms with E-state index in [1.807, 2.05) is 31.2 Å². The van der Waals surface area contributed by atoms with Crippen LogP contribution in [0.15, 0.2) is 83.8 Å². The van der Waals surface area contributed by atoms with Gasteiger partial charge in [-0.05, 0) is 77.0 Å². The topological polar surface area (TPSA) is 66.5 Å². The zero-order valence-electron chi connectivity index (χ0n) is 15.9. The second kappa shape index (κ2) is 9.41. The van der Waals surface area contributed by atoms with E-state index in [4.69, 9.17) is 0 Å². The van der Waals surface area contributed by atoms with Crippen LogP contribution in [0.4, 0.5) is 11.4 Å². The molecule has 3 aromatic rings. The van der Waals surface area contributed by atoms with Crippen molar-refractivity contribution in [2.24, 2.45) is 0 Å². The van der Waals surface area contributed by atoms with Gasteiger partial charge in [0.1, 0.15) is 6.54 Å². The lowest BCUT2D eigenvalue weighted by molar-refractivity contribution is -0.114. The Balaban J connectivity index is 1.97. The third-order valence-electron chi connectivity index (χ3n) is 4.39. The number of halogens is 1. The standard InChI is InChI=1S/C22H21IN2O3S/c1-2-17-8-6-7-11-21(17)25(29(27,28)20-9-4-3-5-10-20)16-22(26)24-19-14-12-18(23)13-15-19/h3-15H,2,16H2,1H3,(H,24,26). The number of benzene rings is 3. The Morgan fingerprint density at radius 3 is 2.21 bits per heavy atom. The number of para-hydroxylation sites is 1. The molecular formula is C22H21IN2O3S. The van der Waals surface area contributed by atoms with Crippen LogP contribution < -0.4 is 9.62 Å². The van der Waals surface area contributed by atoms with E-state index >= 15 is 0 Å². The number of carbonyl (C=O) groups is 1. The van der Waals surface area contributed by atoms with E-state index in [1.54, 1.807) is 42.5 Å². The zero-order valence-corrected chi connectivity index (χ0v) is 18.9. The Morgan fingerprint density at radius 1 is 0.931 bits per heavy atom. The van der Waals surface area contributed by atoms with Crippen molar-refractivity contribution < 1.29 is 13.2 Å². The van der Waals surface area contributed by atoms with Crippen LogP contribution in [-0.4, -0.2) is 20.9 Å². The Morgan fingerprint density at radius 2 is 1.55 bits per heavy atom. The first-order valence-corrected chi connectivity index (χ1v) is 11.6. The van der Waals surface area contributed by atoms with Crippen LogP contribution in [0.25, 0.3) is 0 Å². The minimum Gasteiger partial charge on any atom is -0.325 e. The number of amides is 1. The van der Waals surface area contributed by atoms with Crippen LogP contribution in [0.2, 0.25) is 0 Å². The van der Waals surface area contributed by atoms with Gasteiger partial charge < -0.3 is 5.32 Å².